The minimum atomic E-state index is 0.287. The van der Waals surface area contributed by atoms with E-state index in [0.717, 1.165) is 35.1 Å². The summed E-state index contributed by atoms with van der Waals surface area (Å²) in [6, 6.07) is 4.22. The highest BCUT2D eigenvalue weighted by molar-refractivity contribution is 6.31. The lowest BCUT2D eigenvalue weighted by Crippen LogP contribution is -2.22. The van der Waals surface area contributed by atoms with E-state index in [-0.39, 0.29) is 6.04 Å². The van der Waals surface area contributed by atoms with Crippen molar-refractivity contribution in [3.63, 3.8) is 0 Å². The molecule has 0 saturated carbocycles. The van der Waals surface area contributed by atoms with Gasteiger partial charge in [-0.3, -0.25) is 0 Å². The summed E-state index contributed by atoms with van der Waals surface area (Å²) in [5.41, 5.74) is 1.12. The van der Waals surface area contributed by atoms with Crippen molar-refractivity contribution in [2.24, 2.45) is 0 Å². The number of hydrogen-bond donors (Lipinski definition) is 1. The molecule has 3 nitrogen and oxygen atoms in total. The predicted molar refractivity (Wildman–Crippen MR) is 87.6 cm³/mol. The molecular weight excluding hydrogens is 286 g/mol. The Balaban J connectivity index is 2.11. The highest BCUT2D eigenvalue weighted by Gasteiger charge is 2.20. The normalized spacial score (nSPS) is 15.0. The molecule has 0 saturated heterocycles. The maximum Gasteiger partial charge on any atom is 0.162 e. The highest BCUT2D eigenvalue weighted by Crippen LogP contribution is 2.38. The van der Waals surface area contributed by atoms with Crippen molar-refractivity contribution >= 4 is 11.6 Å². The van der Waals surface area contributed by atoms with Crippen LogP contribution in [-0.4, -0.2) is 19.8 Å². The summed E-state index contributed by atoms with van der Waals surface area (Å²) in [6.07, 6.45) is 6.16. The Bertz CT molecular complexity index is 451. The first-order valence-corrected chi connectivity index (χ1v) is 8.46. The average molecular weight is 312 g/mol. The van der Waals surface area contributed by atoms with Crippen LogP contribution in [0, 0.1) is 0 Å². The van der Waals surface area contributed by atoms with Crippen molar-refractivity contribution in [2.45, 2.75) is 52.0 Å². The fourth-order valence-corrected chi connectivity index (χ4v) is 3.02. The van der Waals surface area contributed by atoms with Gasteiger partial charge in [0.25, 0.3) is 0 Å². The number of hydrogen-bond acceptors (Lipinski definition) is 3. The number of benzene rings is 1. The van der Waals surface area contributed by atoms with Crippen LogP contribution >= 0.6 is 11.6 Å². The molecule has 1 heterocycles. The largest absolute Gasteiger partial charge is 0.486 e. The molecule has 0 aromatic heterocycles. The van der Waals surface area contributed by atoms with Gasteiger partial charge in [-0.15, -0.1) is 0 Å². The Hall–Kier alpha value is -0.930. The second kappa shape index (κ2) is 8.50. The summed E-state index contributed by atoms with van der Waals surface area (Å²) in [6.45, 7) is 6.50. The monoisotopic (exact) mass is 311 g/mol. The molecule has 1 aliphatic heterocycles. The van der Waals surface area contributed by atoms with Gasteiger partial charge in [0.2, 0.25) is 0 Å². The van der Waals surface area contributed by atoms with Gasteiger partial charge in [-0.2, -0.15) is 0 Å². The maximum atomic E-state index is 6.46. The first kappa shape index (κ1) is 16.4. The third-order valence-electron chi connectivity index (χ3n) is 3.83. The molecular formula is C17H26ClNO2. The molecule has 0 bridgehead atoms. The lowest BCUT2D eigenvalue weighted by Gasteiger charge is -2.24. The number of rotatable bonds is 8. The van der Waals surface area contributed by atoms with Crippen LogP contribution < -0.4 is 14.8 Å². The number of ether oxygens (including phenoxy) is 2. The second-order valence-corrected chi connectivity index (χ2v) is 5.88. The summed E-state index contributed by atoms with van der Waals surface area (Å²) >= 11 is 6.46. The first-order valence-electron chi connectivity index (χ1n) is 8.08. The van der Waals surface area contributed by atoms with Gasteiger partial charge >= 0.3 is 0 Å². The van der Waals surface area contributed by atoms with E-state index in [9.17, 15) is 0 Å². The van der Waals surface area contributed by atoms with Crippen LogP contribution in [0.1, 0.15) is 57.6 Å². The molecule has 0 fully saturated rings. The van der Waals surface area contributed by atoms with E-state index in [1.165, 1.54) is 25.7 Å². The van der Waals surface area contributed by atoms with Crippen molar-refractivity contribution < 1.29 is 9.47 Å². The maximum absolute atomic E-state index is 6.46. The minimum Gasteiger partial charge on any atom is -0.486 e. The molecule has 1 atom stereocenters. The van der Waals surface area contributed by atoms with Crippen LogP contribution in [0.25, 0.3) is 0 Å². The zero-order chi connectivity index (χ0) is 15.1. The van der Waals surface area contributed by atoms with Gasteiger partial charge < -0.3 is 14.8 Å². The zero-order valence-electron chi connectivity index (χ0n) is 13.1. The number of nitrogens with one attached hydrogen (secondary N) is 1. The quantitative estimate of drug-likeness (QED) is 0.704. The third-order valence-corrected chi connectivity index (χ3v) is 4.16. The lowest BCUT2D eigenvalue weighted by atomic mass is 9.99. The molecule has 0 spiro atoms. The second-order valence-electron chi connectivity index (χ2n) is 5.48. The number of halogens is 1. The van der Waals surface area contributed by atoms with E-state index in [2.05, 4.69) is 19.2 Å². The lowest BCUT2D eigenvalue weighted by molar-refractivity contribution is 0.171. The van der Waals surface area contributed by atoms with Crippen molar-refractivity contribution in [1.29, 1.82) is 0 Å². The third kappa shape index (κ3) is 4.52. The van der Waals surface area contributed by atoms with Crippen LogP contribution in [0.15, 0.2) is 12.1 Å². The van der Waals surface area contributed by atoms with Crippen molar-refractivity contribution in [3.05, 3.63) is 22.7 Å². The molecule has 4 heteroatoms. The summed E-state index contributed by atoms with van der Waals surface area (Å²) in [4.78, 5) is 0. The van der Waals surface area contributed by atoms with Crippen LogP contribution in [0.5, 0.6) is 11.5 Å². The van der Waals surface area contributed by atoms with Gasteiger partial charge in [-0.1, -0.05) is 51.1 Å². The molecule has 1 aromatic rings. The van der Waals surface area contributed by atoms with E-state index in [1.807, 2.05) is 12.1 Å². The Kier molecular flexibility index (Phi) is 6.65. The highest BCUT2D eigenvalue weighted by atomic mass is 35.5. The van der Waals surface area contributed by atoms with Crippen LogP contribution in [0.3, 0.4) is 0 Å². The number of fused-ring (bicyclic) bond motifs is 1. The molecule has 1 aliphatic rings. The molecule has 21 heavy (non-hydrogen) atoms. The van der Waals surface area contributed by atoms with Gasteiger partial charge in [0.15, 0.2) is 11.5 Å². The van der Waals surface area contributed by atoms with Gasteiger partial charge in [0.1, 0.15) is 13.2 Å². The predicted octanol–water partition coefficient (Wildman–Crippen LogP) is 4.73. The van der Waals surface area contributed by atoms with Gasteiger partial charge in [0, 0.05) is 17.1 Å². The van der Waals surface area contributed by atoms with Crippen molar-refractivity contribution in [1.82, 2.24) is 5.32 Å². The van der Waals surface area contributed by atoms with Crippen molar-refractivity contribution in [3.8, 4) is 11.5 Å². The summed E-state index contributed by atoms with van der Waals surface area (Å²) < 4.78 is 11.3. The van der Waals surface area contributed by atoms with Crippen molar-refractivity contribution in [2.75, 3.05) is 19.8 Å². The Morgan fingerprint density at radius 2 is 1.81 bits per heavy atom. The number of unbranched alkanes of at least 4 members (excludes halogenated alkanes) is 3. The summed E-state index contributed by atoms with van der Waals surface area (Å²) in [7, 11) is 0. The van der Waals surface area contributed by atoms with E-state index in [4.69, 9.17) is 21.1 Å². The molecule has 0 radical (unpaired) electrons. The minimum absolute atomic E-state index is 0.287. The van der Waals surface area contributed by atoms with E-state index in [0.29, 0.717) is 13.2 Å². The van der Waals surface area contributed by atoms with Crippen LogP contribution in [0.2, 0.25) is 5.02 Å². The molecule has 1 unspecified atom stereocenters. The molecule has 1 aromatic carbocycles. The molecule has 2 rings (SSSR count). The van der Waals surface area contributed by atoms with Gasteiger partial charge in [0.05, 0.1) is 0 Å². The fourth-order valence-electron chi connectivity index (χ4n) is 2.74. The van der Waals surface area contributed by atoms with E-state index >= 15 is 0 Å². The summed E-state index contributed by atoms with van der Waals surface area (Å²) in [5, 5.41) is 4.31. The first-order chi connectivity index (χ1) is 10.3. The smallest absolute Gasteiger partial charge is 0.162 e. The average Bonchev–Trinajstić information content (AvgIpc) is 2.50. The SMILES string of the molecule is CCCCCCC(NCC)c1cc2c(cc1Cl)OCCO2. The molecule has 0 amide bonds. The fraction of sp³-hybridized carbons (Fsp3) is 0.647. The summed E-state index contributed by atoms with van der Waals surface area (Å²) in [5.74, 6) is 1.58. The van der Waals surface area contributed by atoms with E-state index in [1.54, 1.807) is 0 Å². The standard InChI is InChI=1S/C17H26ClNO2/c1-3-5-6-7-8-15(19-4-2)13-11-16-17(12-14(13)18)21-10-9-20-16/h11-12,15,19H,3-10H2,1-2H3. The molecule has 0 aliphatic carbocycles. The molecule has 1 N–H and O–H groups in total. The Morgan fingerprint density at radius 1 is 1.10 bits per heavy atom. The van der Waals surface area contributed by atoms with Crippen LogP contribution in [-0.2, 0) is 0 Å². The molecule has 118 valence electrons. The Morgan fingerprint density at radius 3 is 2.48 bits per heavy atom. The zero-order valence-corrected chi connectivity index (χ0v) is 13.8. The van der Waals surface area contributed by atoms with Gasteiger partial charge in [-0.05, 0) is 24.6 Å². The van der Waals surface area contributed by atoms with E-state index < -0.39 is 0 Å². The topological polar surface area (TPSA) is 30.5 Å². The Labute approximate surface area is 133 Å². The van der Waals surface area contributed by atoms with Gasteiger partial charge in [-0.25, -0.2) is 0 Å². The van der Waals surface area contributed by atoms with Crippen LogP contribution in [0.4, 0.5) is 0 Å².